The zero-order valence-corrected chi connectivity index (χ0v) is 16.9. The topological polar surface area (TPSA) is 89.3 Å². The Labute approximate surface area is 170 Å². The lowest BCUT2D eigenvalue weighted by atomic mass is 10.1. The minimum Gasteiger partial charge on any atom is -0.490 e. The van der Waals surface area contributed by atoms with Crippen molar-refractivity contribution in [3.63, 3.8) is 0 Å². The number of likely N-dealkylation sites (tertiary alicyclic amines) is 1. The van der Waals surface area contributed by atoms with Crippen molar-refractivity contribution in [3.8, 4) is 5.75 Å². The Morgan fingerprint density at radius 3 is 2.62 bits per heavy atom. The van der Waals surface area contributed by atoms with E-state index in [1.165, 1.54) is 6.33 Å². The van der Waals surface area contributed by atoms with E-state index in [-0.39, 0.29) is 24.0 Å². The van der Waals surface area contributed by atoms with Crippen LogP contribution in [0.25, 0.3) is 0 Å². The highest BCUT2D eigenvalue weighted by molar-refractivity contribution is 5.94. The number of hydrogen-bond acceptors (Lipinski definition) is 5. The van der Waals surface area contributed by atoms with E-state index in [9.17, 15) is 9.59 Å². The van der Waals surface area contributed by atoms with E-state index in [1.807, 2.05) is 24.0 Å². The quantitative estimate of drug-likeness (QED) is 0.806. The minimum absolute atomic E-state index is 0.0640. The van der Waals surface area contributed by atoms with E-state index in [0.29, 0.717) is 23.0 Å². The van der Waals surface area contributed by atoms with Gasteiger partial charge in [0.15, 0.2) is 0 Å². The fraction of sp³-hybridized carbons (Fsp3) is 0.524. The summed E-state index contributed by atoms with van der Waals surface area (Å²) in [4.78, 5) is 30.9. The Bertz CT molecular complexity index is 884. The lowest BCUT2D eigenvalue weighted by Crippen LogP contribution is -2.42. The maximum atomic E-state index is 12.6. The third-order valence-corrected chi connectivity index (χ3v) is 5.56. The first-order valence-corrected chi connectivity index (χ1v) is 10.2. The van der Waals surface area contributed by atoms with Gasteiger partial charge in [0.2, 0.25) is 5.91 Å². The molecule has 1 aromatic carbocycles. The van der Waals surface area contributed by atoms with E-state index in [0.717, 1.165) is 38.8 Å². The molecule has 1 saturated carbocycles. The monoisotopic (exact) mass is 397 g/mol. The van der Waals surface area contributed by atoms with E-state index in [2.05, 4.69) is 15.4 Å². The molecule has 2 amide bonds. The molecule has 8 nitrogen and oxygen atoms in total. The Morgan fingerprint density at radius 1 is 1.21 bits per heavy atom. The summed E-state index contributed by atoms with van der Waals surface area (Å²) in [6.45, 7) is 3.36. The molecule has 1 aliphatic heterocycles. The maximum absolute atomic E-state index is 12.6. The molecular formula is C21H27N5O3. The molecule has 1 aromatic heterocycles. The first-order valence-electron chi connectivity index (χ1n) is 10.2. The van der Waals surface area contributed by atoms with Crippen LogP contribution in [0, 0.1) is 5.92 Å². The summed E-state index contributed by atoms with van der Waals surface area (Å²) in [7, 11) is 1.79. The molecule has 2 aliphatic rings. The number of aryl methyl sites for hydroxylation is 1. The van der Waals surface area contributed by atoms with E-state index in [4.69, 9.17) is 4.74 Å². The second kappa shape index (κ2) is 8.23. The molecule has 1 saturated heterocycles. The SMILES string of the molecule is C[C@@H](NC(=O)c1cccc(OC2CCN(C(=O)C3CC3)CC2)c1)c1ncnn1C. The van der Waals surface area contributed by atoms with Crippen LogP contribution in [0.2, 0.25) is 0 Å². The number of carbonyl (C=O) groups excluding carboxylic acids is 2. The van der Waals surface area contributed by atoms with Gasteiger partial charge in [0.25, 0.3) is 5.91 Å². The summed E-state index contributed by atoms with van der Waals surface area (Å²) >= 11 is 0. The molecule has 1 aliphatic carbocycles. The molecule has 0 radical (unpaired) electrons. The van der Waals surface area contributed by atoms with Crippen molar-refractivity contribution in [1.82, 2.24) is 25.0 Å². The van der Waals surface area contributed by atoms with Crippen LogP contribution in [0.1, 0.15) is 54.8 Å². The second-order valence-electron chi connectivity index (χ2n) is 7.88. The smallest absolute Gasteiger partial charge is 0.251 e. The van der Waals surface area contributed by atoms with Crippen molar-refractivity contribution in [2.24, 2.45) is 13.0 Å². The normalized spacial score (nSPS) is 18.3. The molecule has 1 atom stereocenters. The summed E-state index contributed by atoms with van der Waals surface area (Å²) in [5.74, 6) is 1.76. The lowest BCUT2D eigenvalue weighted by molar-refractivity contribution is -0.134. The van der Waals surface area contributed by atoms with Crippen molar-refractivity contribution in [2.45, 2.75) is 44.8 Å². The number of nitrogens with zero attached hydrogens (tertiary/aromatic N) is 4. The fourth-order valence-electron chi connectivity index (χ4n) is 3.73. The van der Waals surface area contributed by atoms with Crippen molar-refractivity contribution >= 4 is 11.8 Å². The van der Waals surface area contributed by atoms with Gasteiger partial charge in [-0.2, -0.15) is 5.10 Å². The van der Waals surface area contributed by atoms with E-state index >= 15 is 0 Å². The summed E-state index contributed by atoms with van der Waals surface area (Å²) < 4.78 is 7.75. The Balaban J connectivity index is 1.32. The van der Waals surface area contributed by atoms with Crippen LogP contribution in [0.15, 0.2) is 30.6 Å². The predicted molar refractivity (Wildman–Crippen MR) is 106 cm³/mol. The van der Waals surface area contributed by atoms with Crippen LogP contribution in [0.5, 0.6) is 5.75 Å². The lowest BCUT2D eigenvalue weighted by Gasteiger charge is -2.32. The van der Waals surface area contributed by atoms with Gasteiger partial charge in [-0.25, -0.2) is 4.98 Å². The van der Waals surface area contributed by atoms with Crippen molar-refractivity contribution < 1.29 is 14.3 Å². The highest BCUT2D eigenvalue weighted by Gasteiger charge is 2.35. The molecule has 154 valence electrons. The molecule has 1 N–H and O–H groups in total. The van der Waals surface area contributed by atoms with E-state index < -0.39 is 0 Å². The summed E-state index contributed by atoms with van der Waals surface area (Å²) in [6, 6.07) is 6.96. The fourth-order valence-corrected chi connectivity index (χ4v) is 3.73. The molecule has 29 heavy (non-hydrogen) atoms. The highest BCUT2D eigenvalue weighted by Crippen LogP contribution is 2.32. The minimum atomic E-state index is -0.257. The average molecular weight is 397 g/mol. The second-order valence-corrected chi connectivity index (χ2v) is 7.88. The number of piperidine rings is 1. The molecule has 0 bridgehead atoms. The maximum Gasteiger partial charge on any atom is 0.251 e. The highest BCUT2D eigenvalue weighted by atomic mass is 16.5. The number of benzene rings is 1. The van der Waals surface area contributed by atoms with Crippen LogP contribution >= 0.6 is 0 Å². The number of carbonyl (C=O) groups is 2. The average Bonchev–Trinajstić information content (AvgIpc) is 3.48. The van der Waals surface area contributed by atoms with Gasteiger partial charge in [0.1, 0.15) is 24.0 Å². The predicted octanol–water partition coefficient (Wildman–Crippen LogP) is 2.09. The molecule has 4 rings (SSSR count). The van der Waals surface area contributed by atoms with E-state index in [1.54, 1.807) is 23.9 Å². The zero-order chi connectivity index (χ0) is 20.4. The Kier molecular flexibility index (Phi) is 5.51. The standard InChI is InChI=1S/C21H27N5O3/c1-14(19-22-13-23-25(19)2)24-20(27)16-4-3-5-18(12-16)29-17-8-10-26(11-9-17)21(28)15-6-7-15/h3-5,12-15,17H,6-11H2,1-2H3,(H,24,27)/t14-/m1/s1. The molecule has 0 spiro atoms. The zero-order valence-electron chi connectivity index (χ0n) is 16.9. The van der Waals surface area contributed by atoms with Crippen LogP contribution in [0.3, 0.4) is 0 Å². The first-order chi connectivity index (χ1) is 14.0. The van der Waals surface area contributed by atoms with Crippen molar-refractivity contribution in [2.75, 3.05) is 13.1 Å². The first kappa shape index (κ1) is 19.4. The molecule has 2 fully saturated rings. The van der Waals surface area contributed by atoms with Crippen LogP contribution in [-0.2, 0) is 11.8 Å². The number of ether oxygens (including phenoxy) is 1. The van der Waals surface area contributed by atoms with Gasteiger partial charge in [-0.05, 0) is 38.0 Å². The molecule has 8 heteroatoms. The van der Waals surface area contributed by atoms with Crippen molar-refractivity contribution in [1.29, 1.82) is 0 Å². The van der Waals surface area contributed by atoms with Gasteiger partial charge >= 0.3 is 0 Å². The van der Waals surface area contributed by atoms with Crippen molar-refractivity contribution in [3.05, 3.63) is 42.0 Å². The van der Waals surface area contributed by atoms with Gasteiger partial charge in [0, 0.05) is 44.5 Å². The summed E-state index contributed by atoms with van der Waals surface area (Å²) in [5.41, 5.74) is 0.540. The summed E-state index contributed by atoms with van der Waals surface area (Å²) in [6.07, 6.45) is 5.25. The van der Waals surface area contributed by atoms with Gasteiger partial charge in [-0.3, -0.25) is 14.3 Å². The van der Waals surface area contributed by atoms with Crippen LogP contribution < -0.4 is 10.1 Å². The van der Waals surface area contributed by atoms with Gasteiger partial charge in [-0.15, -0.1) is 0 Å². The largest absolute Gasteiger partial charge is 0.490 e. The molecule has 2 aromatic rings. The number of amides is 2. The van der Waals surface area contributed by atoms with Gasteiger partial charge < -0.3 is 15.0 Å². The third kappa shape index (κ3) is 4.58. The molecule has 0 unspecified atom stereocenters. The Hall–Kier alpha value is -2.90. The number of hydrogen-bond donors (Lipinski definition) is 1. The van der Waals surface area contributed by atoms with Crippen LogP contribution in [0.4, 0.5) is 0 Å². The number of rotatable bonds is 6. The van der Waals surface area contributed by atoms with Gasteiger partial charge in [-0.1, -0.05) is 6.07 Å². The molecular weight excluding hydrogens is 370 g/mol. The summed E-state index contributed by atoms with van der Waals surface area (Å²) in [5, 5.41) is 6.98. The Morgan fingerprint density at radius 2 is 1.97 bits per heavy atom. The van der Waals surface area contributed by atoms with Gasteiger partial charge in [0.05, 0.1) is 6.04 Å². The molecule has 2 heterocycles. The number of nitrogens with one attached hydrogen (secondary N) is 1. The van der Waals surface area contributed by atoms with Crippen LogP contribution in [-0.4, -0.2) is 50.7 Å². The number of aromatic nitrogens is 3. The third-order valence-electron chi connectivity index (χ3n) is 5.56.